The van der Waals surface area contributed by atoms with Gasteiger partial charge in [-0.25, -0.2) is 0 Å². The van der Waals surface area contributed by atoms with Gasteiger partial charge in [-0.3, -0.25) is 0 Å². The van der Waals surface area contributed by atoms with Gasteiger partial charge in [-0.2, -0.15) is 0 Å². The third-order valence-corrected chi connectivity index (χ3v) is 3.76. The second-order valence-corrected chi connectivity index (χ2v) is 5.57. The number of ether oxygens (including phenoxy) is 2. The molecular weight excluding hydrogens is 262 g/mol. The zero-order valence-electron chi connectivity index (χ0n) is 13.0. The Bertz CT molecular complexity index is 433. The van der Waals surface area contributed by atoms with Gasteiger partial charge in [0.2, 0.25) is 0 Å². The molecule has 21 heavy (non-hydrogen) atoms. The molecule has 1 aromatic carbocycles. The lowest BCUT2D eigenvalue weighted by Gasteiger charge is -2.16. The molecule has 0 amide bonds. The van der Waals surface area contributed by atoms with Gasteiger partial charge in [0.05, 0.1) is 12.2 Å². The van der Waals surface area contributed by atoms with E-state index in [1.165, 1.54) is 12.0 Å². The van der Waals surface area contributed by atoms with E-state index in [1.807, 2.05) is 24.3 Å². The number of rotatable bonds is 9. The lowest BCUT2D eigenvalue weighted by molar-refractivity contribution is 0.0185. The number of hydrogen-bond donors (Lipinski definition) is 1. The minimum atomic E-state index is 0.218. The molecule has 0 radical (unpaired) electrons. The van der Waals surface area contributed by atoms with Crippen LogP contribution in [0, 0.1) is 0 Å². The van der Waals surface area contributed by atoms with Crippen LogP contribution < -0.4 is 10.1 Å². The van der Waals surface area contributed by atoms with E-state index in [0.717, 1.165) is 38.1 Å². The van der Waals surface area contributed by atoms with Crippen LogP contribution >= 0.6 is 0 Å². The topological polar surface area (TPSA) is 30.5 Å². The second kappa shape index (κ2) is 8.85. The molecule has 0 saturated carbocycles. The van der Waals surface area contributed by atoms with Crippen molar-refractivity contribution < 1.29 is 9.47 Å². The Kier molecular flexibility index (Phi) is 6.77. The maximum absolute atomic E-state index is 6.02. The molecule has 3 nitrogen and oxygen atoms in total. The van der Waals surface area contributed by atoms with Gasteiger partial charge in [-0.15, -0.1) is 6.58 Å². The molecule has 1 aromatic rings. The fraction of sp³-hybridized carbons (Fsp3) is 0.556. The zero-order chi connectivity index (χ0) is 14.9. The highest BCUT2D eigenvalue weighted by atomic mass is 16.5. The number of hydrogen-bond acceptors (Lipinski definition) is 3. The van der Waals surface area contributed by atoms with Crippen LogP contribution in [-0.2, 0) is 11.2 Å². The lowest BCUT2D eigenvalue weighted by Crippen LogP contribution is -2.28. The maximum Gasteiger partial charge on any atom is 0.122 e. The van der Waals surface area contributed by atoms with E-state index in [1.54, 1.807) is 0 Å². The molecule has 0 spiro atoms. The third-order valence-electron chi connectivity index (χ3n) is 3.76. The third kappa shape index (κ3) is 5.18. The Morgan fingerprint density at radius 3 is 2.95 bits per heavy atom. The average molecular weight is 289 g/mol. The second-order valence-electron chi connectivity index (χ2n) is 5.57. The van der Waals surface area contributed by atoms with Gasteiger partial charge in [-0.05, 0) is 43.9 Å². The summed E-state index contributed by atoms with van der Waals surface area (Å²) in [5.74, 6) is 0.952. The first-order chi connectivity index (χ1) is 10.3. The van der Waals surface area contributed by atoms with Gasteiger partial charge in [0.15, 0.2) is 0 Å². The number of benzene rings is 1. The summed E-state index contributed by atoms with van der Waals surface area (Å²) in [6.07, 6.45) is 6.68. The highest BCUT2D eigenvalue weighted by molar-refractivity contribution is 5.34. The first-order valence-corrected chi connectivity index (χ1v) is 8.01. The Morgan fingerprint density at radius 2 is 2.14 bits per heavy atom. The molecule has 0 aromatic heterocycles. The summed E-state index contributed by atoms with van der Waals surface area (Å²) in [5.41, 5.74) is 1.19. The molecular formula is C18H27NO2. The molecule has 1 saturated heterocycles. The molecule has 0 aliphatic carbocycles. The summed E-state index contributed by atoms with van der Waals surface area (Å²) >= 11 is 0. The van der Waals surface area contributed by atoms with Gasteiger partial charge in [0.1, 0.15) is 12.4 Å². The van der Waals surface area contributed by atoms with E-state index in [2.05, 4.69) is 24.9 Å². The fourth-order valence-corrected chi connectivity index (χ4v) is 2.64. The molecule has 1 fully saturated rings. The van der Waals surface area contributed by atoms with Crippen molar-refractivity contribution in [3.63, 3.8) is 0 Å². The first kappa shape index (κ1) is 16.1. The molecule has 1 aliphatic rings. The Balaban J connectivity index is 1.75. The number of nitrogens with one attached hydrogen (secondary N) is 1. The van der Waals surface area contributed by atoms with Crippen LogP contribution in [0.1, 0.15) is 31.7 Å². The molecule has 0 bridgehead atoms. The van der Waals surface area contributed by atoms with Crippen molar-refractivity contribution in [2.45, 2.75) is 44.8 Å². The van der Waals surface area contributed by atoms with E-state index < -0.39 is 0 Å². The molecule has 1 N–H and O–H groups in total. The summed E-state index contributed by atoms with van der Waals surface area (Å²) in [6.45, 7) is 8.63. The van der Waals surface area contributed by atoms with Crippen LogP contribution in [0.15, 0.2) is 36.9 Å². The highest BCUT2D eigenvalue weighted by Gasteiger charge is 2.25. The van der Waals surface area contributed by atoms with Crippen molar-refractivity contribution in [2.75, 3.05) is 19.7 Å². The van der Waals surface area contributed by atoms with Crippen LogP contribution in [0.25, 0.3) is 0 Å². The molecule has 2 atom stereocenters. The molecule has 1 aliphatic heterocycles. The van der Waals surface area contributed by atoms with Crippen LogP contribution in [0.4, 0.5) is 0 Å². The van der Waals surface area contributed by atoms with E-state index in [4.69, 9.17) is 9.47 Å². The van der Waals surface area contributed by atoms with Crippen molar-refractivity contribution in [2.24, 2.45) is 0 Å². The molecule has 2 unspecified atom stereocenters. The van der Waals surface area contributed by atoms with E-state index in [-0.39, 0.29) is 6.10 Å². The van der Waals surface area contributed by atoms with Crippen LogP contribution in [0.5, 0.6) is 5.75 Å². The van der Waals surface area contributed by atoms with Crippen molar-refractivity contribution in [1.82, 2.24) is 5.32 Å². The predicted octanol–water partition coefficient (Wildman–Crippen LogP) is 3.34. The normalized spacial score (nSPS) is 21.4. The maximum atomic E-state index is 6.02. The van der Waals surface area contributed by atoms with Crippen LogP contribution in [0.3, 0.4) is 0 Å². The molecule has 116 valence electrons. The van der Waals surface area contributed by atoms with Crippen molar-refractivity contribution in [1.29, 1.82) is 0 Å². The summed E-state index contributed by atoms with van der Waals surface area (Å²) in [5, 5.41) is 3.42. The molecule has 2 rings (SSSR count). The Morgan fingerprint density at radius 1 is 1.33 bits per heavy atom. The summed E-state index contributed by atoms with van der Waals surface area (Å²) in [6, 6.07) is 8.15. The first-order valence-electron chi connectivity index (χ1n) is 8.01. The predicted molar refractivity (Wildman–Crippen MR) is 86.9 cm³/mol. The lowest BCUT2D eigenvalue weighted by atomic mass is 10.1. The van der Waals surface area contributed by atoms with Crippen molar-refractivity contribution >= 4 is 0 Å². The Hall–Kier alpha value is -1.32. The number of para-hydroxylation sites is 1. The van der Waals surface area contributed by atoms with Crippen LogP contribution in [-0.4, -0.2) is 31.9 Å². The van der Waals surface area contributed by atoms with Crippen molar-refractivity contribution in [3.05, 3.63) is 42.5 Å². The summed E-state index contributed by atoms with van der Waals surface area (Å²) in [7, 11) is 0. The van der Waals surface area contributed by atoms with Gasteiger partial charge < -0.3 is 14.8 Å². The highest BCUT2D eigenvalue weighted by Crippen LogP contribution is 2.23. The Labute approximate surface area is 128 Å². The van der Waals surface area contributed by atoms with Gasteiger partial charge in [-0.1, -0.05) is 31.2 Å². The van der Waals surface area contributed by atoms with Gasteiger partial charge >= 0.3 is 0 Å². The zero-order valence-corrected chi connectivity index (χ0v) is 13.0. The van der Waals surface area contributed by atoms with Gasteiger partial charge in [0.25, 0.3) is 0 Å². The van der Waals surface area contributed by atoms with E-state index in [0.29, 0.717) is 12.7 Å². The van der Waals surface area contributed by atoms with Crippen LogP contribution in [0.2, 0.25) is 0 Å². The minimum absolute atomic E-state index is 0.218. The summed E-state index contributed by atoms with van der Waals surface area (Å²) in [4.78, 5) is 0. The standard InChI is InChI=1S/C18H27NO2/c1-3-7-15-8-5-6-9-18(15)20-14-17-11-10-16(21-17)13-19-12-4-2/h3,5-6,8-9,16-17,19H,1,4,7,10-14H2,2H3. The summed E-state index contributed by atoms with van der Waals surface area (Å²) < 4.78 is 12.0. The SMILES string of the molecule is C=CCc1ccccc1OCC1CCC(CNCCC)O1. The smallest absolute Gasteiger partial charge is 0.122 e. The fourth-order valence-electron chi connectivity index (χ4n) is 2.64. The monoisotopic (exact) mass is 289 g/mol. The quantitative estimate of drug-likeness (QED) is 0.558. The minimum Gasteiger partial charge on any atom is -0.491 e. The molecule has 3 heteroatoms. The van der Waals surface area contributed by atoms with E-state index >= 15 is 0 Å². The van der Waals surface area contributed by atoms with E-state index in [9.17, 15) is 0 Å². The van der Waals surface area contributed by atoms with Crippen molar-refractivity contribution in [3.8, 4) is 5.75 Å². The molecule has 1 heterocycles. The average Bonchev–Trinajstić information content (AvgIpc) is 2.95. The number of allylic oxidation sites excluding steroid dienone is 1. The van der Waals surface area contributed by atoms with Gasteiger partial charge in [0, 0.05) is 6.54 Å². The largest absolute Gasteiger partial charge is 0.491 e.